The van der Waals surface area contributed by atoms with Gasteiger partial charge in [0.05, 0.1) is 11.0 Å². The van der Waals surface area contributed by atoms with Crippen LogP contribution in [0.2, 0.25) is 0 Å². The zero-order valence-corrected chi connectivity index (χ0v) is 13.2. The lowest BCUT2D eigenvalue weighted by atomic mass is 10.2. The second-order valence-corrected chi connectivity index (χ2v) is 5.34. The van der Waals surface area contributed by atoms with Crippen molar-refractivity contribution >= 4 is 11.0 Å². The zero-order chi connectivity index (χ0) is 15.4. The number of likely N-dealkylation sites (N-methyl/N-ethyl adjacent to an activating group) is 1. The minimum absolute atomic E-state index is 0.937. The molecule has 3 rings (SSSR count). The van der Waals surface area contributed by atoms with Crippen LogP contribution in [0.3, 0.4) is 0 Å². The summed E-state index contributed by atoms with van der Waals surface area (Å²) in [5, 5.41) is 0. The van der Waals surface area contributed by atoms with Crippen LogP contribution in [-0.4, -0.2) is 39.1 Å². The van der Waals surface area contributed by atoms with Crippen LogP contribution in [0.4, 0.5) is 0 Å². The van der Waals surface area contributed by atoms with E-state index in [9.17, 15) is 0 Å². The molecule has 22 heavy (non-hydrogen) atoms. The Bertz CT molecular complexity index is 729. The average molecular weight is 294 g/mol. The molecule has 0 aliphatic heterocycles. The van der Waals surface area contributed by atoms with Crippen LogP contribution in [0.5, 0.6) is 0 Å². The van der Waals surface area contributed by atoms with E-state index in [1.807, 2.05) is 18.3 Å². The first kappa shape index (κ1) is 14.7. The number of aromatic nitrogens is 3. The molecule has 0 aliphatic carbocycles. The summed E-state index contributed by atoms with van der Waals surface area (Å²) in [6.45, 7) is 8.53. The fourth-order valence-electron chi connectivity index (χ4n) is 2.80. The fourth-order valence-corrected chi connectivity index (χ4v) is 2.80. The summed E-state index contributed by atoms with van der Waals surface area (Å²) < 4.78 is 2.31. The van der Waals surface area contributed by atoms with Crippen LogP contribution in [0.25, 0.3) is 22.4 Å². The van der Waals surface area contributed by atoms with E-state index >= 15 is 0 Å². The van der Waals surface area contributed by atoms with E-state index in [0.717, 1.165) is 43.1 Å². The van der Waals surface area contributed by atoms with Crippen molar-refractivity contribution in [2.75, 3.05) is 19.6 Å². The lowest BCUT2D eigenvalue weighted by Crippen LogP contribution is -2.27. The van der Waals surface area contributed by atoms with Gasteiger partial charge in [0.15, 0.2) is 0 Å². The largest absolute Gasteiger partial charge is 0.323 e. The molecule has 0 saturated carbocycles. The molecule has 0 amide bonds. The number of hydrogen-bond acceptors (Lipinski definition) is 3. The predicted octanol–water partition coefficient (Wildman–Crippen LogP) is 3.44. The van der Waals surface area contributed by atoms with Crippen molar-refractivity contribution in [2.45, 2.75) is 20.4 Å². The molecule has 0 fully saturated rings. The Labute approximate surface area is 131 Å². The van der Waals surface area contributed by atoms with Gasteiger partial charge in [0.1, 0.15) is 5.82 Å². The van der Waals surface area contributed by atoms with Crippen molar-refractivity contribution in [1.82, 2.24) is 19.4 Å². The van der Waals surface area contributed by atoms with E-state index in [4.69, 9.17) is 4.98 Å². The normalized spacial score (nSPS) is 11.4. The Hall–Kier alpha value is -2.20. The molecule has 0 radical (unpaired) electrons. The number of hydrogen-bond donors (Lipinski definition) is 0. The third-order valence-electron chi connectivity index (χ3n) is 4.11. The van der Waals surface area contributed by atoms with E-state index in [0.29, 0.717) is 0 Å². The molecule has 0 spiro atoms. The molecule has 0 bridgehead atoms. The molecule has 0 unspecified atom stereocenters. The highest BCUT2D eigenvalue weighted by atomic mass is 15.2. The SMILES string of the molecule is CCN(CC)CCn1c(-c2cccnc2)nc2ccccc21. The van der Waals surface area contributed by atoms with Crippen molar-refractivity contribution < 1.29 is 0 Å². The summed E-state index contributed by atoms with van der Waals surface area (Å²) in [4.78, 5) is 11.5. The third kappa shape index (κ3) is 2.88. The minimum Gasteiger partial charge on any atom is -0.323 e. The lowest BCUT2D eigenvalue weighted by Gasteiger charge is -2.19. The maximum Gasteiger partial charge on any atom is 0.142 e. The van der Waals surface area contributed by atoms with Gasteiger partial charge in [0.25, 0.3) is 0 Å². The summed E-state index contributed by atoms with van der Waals surface area (Å²) in [7, 11) is 0. The van der Waals surface area contributed by atoms with Crippen molar-refractivity contribution in [3.8, 4) is 11.4 Å². The van der Waals surface area contributed by atoms with Gasteiger partial charge in [-0.1, -0.05) is 26.0 Å². The Balaban J connectivity index is 2.02. The molecule has 0 saturated heterocycles. The zero-order valence-electron chi connectivity index (χ0n) is 13.2. The topological polar surface area (TPSA) is 34.0 Å². The van der Waals surface area contributed by atoms with Crippen LogP contribution in [-0.2, 0) is 6.54 Å². The number of nitrogens with zero attached hydrogens (tertiary/aromatic N) is 4. The van der Waals surface area contributed by atoms with E-state index < -0.39 is 0 Å². The smallest absolute Gasteiger partial charge is 0.142 e. The first-order valence-corrected chi connectivity index (χ1v) is 7.91. The number of pyridine rings is 1. The Kier molecular flexibility index (Phi) is 4.49. The van der Waals surface area contributed by atoms with Gasteiger partial charge in [-0.25, -0.2) is 4.98 Å². The molecule has 4 nitrogen and oxygen atoms in total. The maximum absolute atomic E-state index is 4.82. The summed E-state index contributed by atoms with van der Waals surface area (Å²) in [6.07, 6.45) is 3.68. The number of para-hydroxylation sites is 2. The summed E-state index contributed by atoms with van der Waals surface area (Å²) in [5.74, 6) is 1.00. The fraction of sp³-hybridized carbons (Fsp3) is 0.333. The quantitative estimate of drug-likeness (QED) is 0.698. The highest BCUT2D eigenvalue weighted by molar-refractivity contribution is 5.80. The Morgan fingerprint density at radius 2 is 1.86 bits per heavy atom. The molecular formula is C18H22N4. The van der Waals surface area contributed by atoms with Gasteiger partial charge in [0.2, 0.25) is 0 Å². The van der Waals surface area contributed by atoms with Gasteiger partial charge < -0.3 is 9.47 Å². The molecule has 2 aromatic heterocycles. The van der Waals surface area contributed by atoms with Crippen LogP contribution >= 0.6 is 0 Å². The van der Waals surface area contributed by atoms with E-state index in [2.05, 4.69) is 52.6 Å². The number of rotatable bonds is 6. The number of fused-ring (bicyclic) bond motifs is 1. The van der Waals surface area contributed by atoms with Gasteiger partial charge in [0, 0.05) is 31.0 Å². The average Bonchev–Trinajstić information content (AvgIpc) is 2.95. The Morgan fingerprint density at radius 1 is 1.05 bits per heavy atom. The molecule has 4 heteroatoms. The standard InChI is InChI=1S/C18H22N4/c1-3-21(4-2)12-13-22-17-10-6-5-9-16(17)20-18(22)15-8-7-11-19-14-15/h5-11,14H,3-4,12-13H2,1-2H3. The molecular weight excluding hydrogens is 272 g/mol. The monoisotopic (exact) mass is 294 g/mol. The molecule has 0 aliphatic rings. The van der Waals surface area contributed by atoms with Crippen LogP contribution in [0, 0.1) is 0 Å². The van der Waals surface area contributed by atoms with Crippen LogP contribution in [0.15, 0.2) is 48.8 Å². The third-order valence-corrected chi connectivity index (χ3v) is 4.11. The second kappa shape index (κ2) is 6.71. The molecule has 0 N–H and O–H groups in total. The van der Waals surface area contributed by atoms with Crippen molar-refractivity contribution in [3.05, 3.63) is 48.8 Å². The molecule has 114 valence electrons. The van der Waals surface area contributed by atoms with Crippen molar-refractivity contribution in [3.63, 3.8) is 0 Å². The van der Waals surface area contributed by atoms with Crippen molar-refractivity contribution in [1.29, 1.82) is 0 Å². The number of benzene rings is 1. The predicted molar refractivity (Wildman–Crippen MR) is 90.8 cm³/mol. The van der Waals surface area contributed by atoms with E-state index in [1.165, 1.54) is 5.52 Å². The molecule has 2 heterocycles. The van der Waals surface area contributed by atoms with Gasteiger partial charge >= 0.3 is 0 Å². The lowest BCUT2D eigenvalue weighted by molar-refractivity contribution is 0.292. The highest BCUT2D eigenvalue weighted by Crippen LogP contribution is 2.24. The van der Waals surface area contributed by atoms with E-state index in [-0.39, 0.29) is 0 Å². The Morgan fingerprint density at radius 3 is 2.59 bits per heavy atom. The van der Waals surface area contributed by atoms with Gasteiger partial charge in [-0.3, -0.25) is 4.98 Å². The number of imidazole rings is 1. The van der Waals surface area contributed by atoms with Gasteiger partial charge in [-0.15, -0.1) is 0 Å². The summed E-state index contributed by atoms with van der Waals surface area (Å²) in [5.41, 5.74) is 3.30. The van der Waals surface area contributed by atoms with Gasteiger partial charge in [-0.2, -0.15) is 0 Å². The molecule has 3 aromatic rings. The summed E-state index contributed by atoms with van der Waals surface area (Å²) in [6, 6.07) is 12.4. The van der Waals surface area contributed by atoms with E-state index in [1.54, 1.807) is 6.20 Å². The maximum atomic E-state index is 4.82. The van der Waals surface area contributed by atoms with Crippen LogP contribution < -0.4 is 0 Å². The first-order chi connectivity index (χ1) is 10.8. The van der Waals surface area contributed by atoms with Gasteiger partial charge in [-0.05, 0) is 37.4 Å². The molecule has 1 aromatic carbocycles. The minimum atomic E-state index is 0.937. The van der Waals surface area contributed by atoms with Crippen LogP contribution in [0.1, 0.15) is 13.8 Å². The highest BCUT2D eigenvalue weighted by Gasteiger charge is 2.13. The summed E-state index contributed by atoms with van der Waals surface area (Å²) >= 11 is 0. The first-order valence-electron chi connectivity index (χ1n) is 7.91. The molecule has 0 atom stereocenters. The van der Waals surface area contributed by atoms with Crippen molar-refractivity contribution in [2.24, 2.45) is 0 Å². The second-order valence-electron chi connectivity index (χ2n) is 5.34.